The Hall–Kier alpha value is -12.6. The summed E-state index contributed by atoms with van der Waals surface area (Å²) < 4.78 is 27.6. The summed E-state index contributed by atoms with van der Waals surface area (Å²) >= 11 is 0. The number of hydrogen-bond donors (Lipinski definition) is 3. The number of ether oxygens (including phenoxy) is 3. The van der Waals surface area contributed by atoms with Gasteiger partial charge in [0.15, 0.2) is 34.4 Å². The molecule has 3 N–H and O–H groups in total. The van der Waals surface area contributed by atoms with Gasteiger partial charge in [0.2, 0.25) is 29.6 Å². The minimum atomic E-state index is -0.566. The second kappa shape index (κ2) is 34.6. The third-order valence-corrected chi connectivity index (χ3v) is 22.9. The van der Waals surface area contributed by atoms with E-state index in [4.69, 9.17) is 39.1 Å². The van der Waals surface area contributed by atoms with Crippen molar-refractivity contribution in [1.82, 2.24) is 87.6 Å². The Labute approximate surface area is 688 Å². The van der Waals surface area contributed by atoms with Crippen molar-refractivity contribution in [3.8, 4) is 23.3 Å². The Bertz CT molecular complexity index is 5980. The van der Waals surface area contributed by atoms with E-state index in [0.29, 0.717) is 138 Å². The zero-order valence-corrected chi connectivity index (χ0v) is 68.2. The normalized spacial score (nSPS) is 17.9. The summed E-state index contributed by atoms with van der Waals surface area (Å²) in [5, 5.41) is 11.2. The van der Waals surface area contributed by atoms with E-state index in [1.807, 2.05) is 116 Å². The number of nitrogens with one attached hydrogen (secondary N) is 3. The standard InChI is InChI=1S/C31H35N7O2.C30H35N9O2.C27H30N8O3/c1-30(2)25-9-8-10-26(34-25)38-27-23(28(39)37(38)15-6-4-5-7-16-40-30)18-32-29(35-27)33-22-11-12-24-21(17-22)19-36(3)20-31(24)13-14-31;1-22(40)37-15-6-4-3-5-7-16-38-29(41)25-21-31-30(34-28(25)39(38)27-10-8-9-26(37)33-27)32-23-11-13-24(14-12-23)36-19-17-35(2)18-20-36;1-32-12-14-33(15-13-32)21-9-7-20(8-10-21)29-27-28-19-22-25(31-27)35-23-5-4-6-24(30-23)38-18-17-37-16-3-2-11-34(35)26(22)36/h4,6,8-12,17-18H,5,7,13-16,19-20H2,1-3H3,(H,32,33,35);5,7-14,21H,3-4,6,15-20H2,1-2H3,(H,31,32,34);2-10,19H,11-18H2,1H3,(H,28,29,31)/b;;3-2+. The molecule has 0 atom stereocenters. The topological polar surface area (TPSA) is 297 Å². The van der Waals surface area contributed by atoms with Crippen LogP contribution >= 0.6 is 0 Å². The molecule has 119 heavy (non-hydrogen) atoms. The van der Waals surface area contributed by atoms with E-state index in [-0.39, 0.29) is 22.6 Å². The summed E-state index contributed by atoms with van der Waals surface area (Å²) in [7, 11) is 6.50. The number of rotatable bonds is 8. The summed E-state index contributed by atoms with van der Waals surface area (Å²) in [6, 6.07) is 39.9. The van der Waals surface area contributed by atoms with Gasteiger partial charge in [-0.3, -0.25) is 24.1 Å². The van der Waals surface area contributed by atoms with E-state index in [0.717, 1.165) is 120 Å². The lowest BCUT2D eigenvalue weighted by Gasteiger charge is -2.34. The average Bonchev–Trinajstić information content (AvgIpc) is 1.59. The van der Waals surface area contributed by atoms with Gasteiger partial charge in [-0.2, -0.15) is 19.9 Å². The molecule has 1 saturated carbocycles. The lowest BCUT2D eigenvalue weighted by Crippen LogP contribution is -2.44. The van der Waals surface area contributed by atoms with Crippen LogP contribution in [0.4, 0.5) is 52.1 Å². The van der Waals surface area contributed by atoms with Crippen LogP contribution in [0.2, 0.25) is 0 Å². The molecule has 0 unspecified atom stereocenters. The highest BCUT2D eigenvalue weighted by Crippen LogP contribution is 2.52. The predicted molar refractivity (Wildman–Crippen MR) is 462 cm³/mol. The fourth-order valence-electron chi connectivity index (χ4n) is 16.2. The summed E-state index contributed by atoms with van der Waals surface area (Å²) in [6.45, 7) is 19.5. The first-order valence-corrected chi connectivity index (χ1v) is 41.1. The highest BCUT2D eigenvalue weighted by Gasteiger charge is 2.48. The van der Waals surface area contributed by atoms with Crippen molar-refractivity contribution < 1.29 is 19.0 Å². The summed E-state index contributed by atoms with van der Waals surface area (Å²) in [5.74, 6) is 3.81. The molecule has 6 bridgehead atoms. The Morgan fingerprint density at radius 3 is 1.50 bits per heavy atom. The van der Waals surface area contributed by atoms with Crippen LogP contribution < -0.4 is 52.1 Å². The number of aromatic nitrogens is 15. The van der Waals surface area contributed by atoms with E-state index in [1.54, 1.807) is 59.9 Å². The lowest BCUT2D eigenvalue weighted by atomic mass is 9.87. The van der Waals surface area contributed by atoms with Gasteiger partial charge in [-0.25, -0.2) is 53.0 Å². The third-order valence-electron chi connectivity index (χ3n) is 22.9. The molecule has 7 aliphatic rings. The third kappa shape index (κ3) is 17.3. The largest absolute Gasteiger partial charge is 0.475 e. The van der Waals surface area contributed by atoms with E-state index in [9.17, 15) is 19.2 Å². The molecular weight excluding hydrogens is 1510 g/mol. The van der Waals surface area contributed by atoms with Gasteiger partial charge in [-0.15, -0.1) is 0 Å². The van der Waals surface area contributed by atoms with Crippen LogP contribution in [0.3, 0.4) is 0 Å². The van der Waals surface area contributed by atoms with Gasteiger partial charge in [0.05, 0.1) is 38.5 Å². The van der Waals surface area contributed by atoms with Crippen LogP contribution in [-0.2, 0) is 51.5 Å². The molecule has 1 amide bonds. The van der Waals surface area contributed by atoms with Gasteiger partial charge in [-0.1, -0.05) is 60.7 Å². The van der Waals surface area contributed by atoms with E-state index in [1.165, 1.54) is 35.3 Å². The van der Waals surface area contributed by atoms with Crippen LogP contribution in [-0.4, -0.2) is 207 Å². The van der Waals surface area contributed by atoms with E-state index >= 15 is 0 Å². The molecule has 31 nitrogen and oxygen atoms in total. The maximum atomic E-state index is 13.6. The number of pyridine rings is 3. The predicted octanol–water partition coefficient (Wildman–Crippen LogP) is 10.8. The Morgan fingerprint density at radius 2 is 0.950 bits per heavy atom. The van der Waals surface area contributed by atoms with Gasteiger partial charge in [0.25, 0.3) is 16.7 Å². The summed E-state index contributed by atoms with van der Waals surface area (Å²) in [5.41, 5.74) is 9.35. The van der Waals surface area contributed by atoms with Crippen LogP contribution in [0.25, 0.3) is 50.6 Å². The Kier molecular flexibility index (Phi) is 22.9. The molecule has 1 spiro atoms. The molecular formula is C88H100N24O7. The van der Waals surface area contributed by atoms with Gasteiger partial charge in [-0.05, 0) is 182 Å². The van der Waals surface area contributed by atoms with Crippen molar-refractivity contribution in [3.05, 3.63) is 224 Å². The van der Waals surface area contributed by atoms with E-state index in [2.05, 4.69) is 136 Å². The first-order chi connectivity index (χ1) is 58.0. The van der Waals surface area contributed by atoms with Crippen molar-refractivity contribution in [2.24, 2.45) is 0 Å². The fraction of sp³-hybridized carbons (Fsp3) is 0.375. The van der Waals surface area contributed by atoms with Crippen LogP contribution in [0, 0.1) is 0 Å². The minimum absolute atomic E-state index is 0.0673. The fourth-order valence-corrected chi connectivity index (χ4v) is 16.2. The molecule has 2 saturated heterocycles. The van der Waals surface area contributed by atoms with Crippen molar-refractivity contribution in [2.45, 2.75) is 103 Å². The second-order valence-corrected chi connectivity index (χ2v) is 31.8. The summed E-state index contributed by atoms with van der Waals surface area (Å²) in [6.07, 6.45) is 23.7. The molecule has 31 heteroatoms. The quantitative estimate of drug-likeness (QED) is 0.119. The minimum Gasteiger partial charge on any atom is -0.475 e. The number of anilines is 9. The number of amides is 1. The number of piperazine rings is 2. The van der Waals surface area contributed by atoms with Gasteiger partial charge in [0, 0.05) is 144 Å². The molecule has 3 fully saturated rings. The zero-order chi connectivity index (χ0) is 81.7. The summed E-state index contributed by atoms with van der Waals surface area (Å²) in [4.78, 5) is 109. The highest BCUT2D eigenvalue weighted by molar-refractivity contribution is 5.90. The number of hydrogen-bond acceptors (Lipinski definition) is 24. The zero-order valence-electron chi connectivity index (χ0n) is 68.2. The van der Waals surface area contributed by atoms with Crippen molar-refractivity contribution in [2.75, 3.05) is 144 Å². The molecule has 1 aliphatic carbocycles. The number of carbonyl (C=O) groups excluding carboxylic acids is 1. The van der Waals surface area contributed by atoms with Crippen LogP contribution in [0.5, 0.6) is 5.88 Å². The maximum Gasteiger partial charge on any atom is 0.278 e. The van der Waals surface area contributed by atoms with Crippen molar-refractivity contribution in [1.29, 1.82) is 0 Å². The molecule has 12 aromatic rings. The van der Waals surface area contributed by atoms with Gasteiger partial charge in [0.1, 0.15) is 34.2 Å². The van der Waals surface area contributed by atoms with Crippen LogP contribution in [0.1, 0.15) is 82.5 Å². The Balaban J connectivity index is 0.000000128. The Morgan fingerprint density at radius 1 is 0.462 bits per heavy atom. The number of carbonyl (C=O) groups is 1. The maximum absolute atomic E-state index is 13.6. The molecule has 15 heterocycles. The number of allylic oxidation sites excluding steroid dienone is 5. The number of likely N-dealkylation sites (N-methyl/N-ethyl adjacent to an activating group) is 3. The van der Waals surface area contributed by atoms with Gasteiger partial charge >= 0.3 is 0 Å². The molecule has 3 aromatic carbocycles. The van der Waals surface area contributed by atoms with Crippen LogP contribution in [0.15, 0.2) is 191 Å². The van der Waals surface area contributed by atoms with Crippen molar-refractivity contribution >= 4 is 91.1 Å². The first-order valence-electron chi connectivity index (χ1n) is 41.1. The molecule has 614 valence electrons. The number of fused-ring (bicyclic) bond motifs is 20. The SMILES string of the molecule is CC(=O)N1CCCCC=CCn2c(=O)c3cnc(Nc4ccc(N5CCN(C)CC5)cc4)nc3n2-c2cccc1n2.CN1CCN(c2ccc(Nc3ncc4c(=O)n5n(c4n3)-c3cccc(n3)OCCOC/C=C/C5)cc2)CC1.CN1Cc2cc(Nc3ncc4c(=O)n5n(c4n3)-c3cccc(n3)C(C)(C)OCCCC=CC5)ccc2C2(CC2)C1. The average molecular weight is 1610 g/mol. The lowest BCUT2D eigenvalue weighted by molar-refractivity contribution is -0.116. The smallest absolute Gasteiger partial charge is 0.278 e. The van der Waals surface area contributed by atoms with Crippen molar-refractivity contribution in [3.63, 3.8) is 0 Å². The first kappa shape index (κ1) is 78.9. The monoisotopic (exact) mass is 1600 g/mol. The van der Waals surface area contributed by atoms with E-state index < -0.39 is 5.60 Å². The highest BCUT2D eigenvalue weighted by atomic mass is 16.5. The molecule has 0 radical (unpaired) electrons. The van der Waals surface area contributed by atoms with Gasteiger partial charge < -0.3 is 54.7 Å². The second-order valence-electron chi connectivity index (χ2n) is 31.8. The molecule has 6 aliphatic heterocycles. The number of benzene rings is 3. The molecule has 9 aromatic heterocycles. The molecule has 19 rings (SSSR count). The number of nitrogens with zero attached hydrogens (tertiary/aromatic N) is 21.